The summed E-state index contributed by atoms with van der Waals surface area (Å²) in [4.78, 5) is 36.1. The minimum absolute atomic E-state index is 0.0421. The lowest BCUT2D eigenvalue weighted by molar-refractivity contribution is -0.153. The SMILES string of the molecule is CC(=O)c1cccc(CCc2ccccc2OCC(CN(C)C)OC(=O)CCC(=O)O)c1. The van der Waals surface area contributed by atoms with Crippen LogP contribution in [0.1, 0.15) is 41.3 Å². The van der Waals surface area contributed by atoms with Gasteiger partial charge in [0.25, 0.3) is 0 Å². The van der Waals surface area contributed by atoms with Crippen molar-refractivity contribution in [3.8, 4) is 5.75 Å². The Labute approximate surface area is 188 Å². The largest absolute Gasteiger partial charge is 0.489 e. The van der Waals surface area contributed by atoms with Crippen LogP contribution < -0.4 is 4.74 Å². The molecule has 7 heteroatoms. The molecule has 32 heavy (non-hydrogen) atoms. The van der Waals surface area contributed by atoms with E-state index in [1.165, 1.54) is 0 Å². The lowest BCUT2D eigenvalue weighted by atomic mass is 10.0. The van der Waals surface area contributed by atoms with Crippen LogP contribution in [0.15, 0.2) is 48.5 Å². The molecule has 0 aliphatic rings. The molecule has 2 aromatic carbocycles. The molecule has 7 nitrogen and oxygen atoms in total. The highest BCUT2D eigenvalue weighted by Crippen LogP contribution is 2.21. The number of hydrogen-bond acceptors (Lipinski definition) is 6. The van der Waals surface area contributed by atoms with Crippen molar-refractivity contribution in [1.29, 1.82) is 0 Å². The van der Waals surface area contributed by atoms with Gasteiger partial charge in [-0.1, -0.05) is 36.4 Å². The minimum atomic E-state index is -1.04. The van der Waals surface area contributed by atoms with Gasteiger partial charge in [-0.3, -0.25) is 14.4 Å². The smallest absolute Gasteiger partial charge is 0.306 e. The number of aliphatic carboxylic acids is 1. The Bertz CT molecular complexity index is 924. The summed E-state index contributed by atoms with van der Waals surface area (Å²) in [6, 6.07) is 15.3. The molecular formula is C25H31NO6. The van der Waals surface area contributed by atoms with Crippen LogP contribution in [-0.2, 0) is 27.2 Å². The summed E-state index contributed by atoms with van der Waals surface area (Å²) in [5, 5.41) is 8.74. The number of nitrogens with zero attached hydrogens (tertiary/aromatic N) is 1. The molecule has 0 bridgehead atoms. The summed E-state index contributed by atoms with van der Waals surface area (Å²) in [6.45, 7) is 2.17. The summed E-state index contributed by atoms with van der Waals surface area (Å²) < 4.78 is 11.4. The summed E-state index contributed by atoms with van der Waals surface area (Å²) in [6.07, 6.45) is 0.532. The van der Waals surface area contributed by atoms with Gasteiger partial charge in [0.15, 0.2) is 5.78 Å². The van der Waals surface area contributed by atoms with E-state index >= 15 is 0 Å². The first-order valence-electron chi connectivity index (χ1n) is 10.6. The summed E-state index contributed by atoms with van der Waals surface area (Å²) in [5.41, 5.74) is 2.79. The predicted molar refractivity (Wildman–Crippen MR) is 121 cm³/mol. The molecule has 2 rings (SSSR count). The summed E-state index contributed by atoms with van der Waals surface area (Å²) in [7, 11) is 3.72. The maximum atomic E-state index is 12.0. The highest BCUT2D eigenvalue weighted by molar-refractivity contribution is 5.94. The lowest BCUT2D eigenvalue weighted by Gasteiger charge is -2.22. The highest BCUT2D eigenvalue weighted by atomic mass is 16.6. The lowest BCUT2D eigenvalue weighted by Crippen LogP contribution is -2.35. The van der Waals surface area contributed by atoms with Crippen LogP contribution in [0.25, 0.3) is 0 Å². The Morgan fingerprint density at radius 1 is 1.00 bits per heavy atom. The maximum Gasteiger partial charge on any atom is 0.306 e. The Hall–Kier alpha value is -3.19. The molecule has 0 amide bonds. The van der Waals surface area contributed by atoms with E-state index in [0.717, 1.165) is 24.0 Å². The molecule has 0 spiro atoms. The first-order chi connectivity index (χ1) is 15.2. The van der Waals surface area contributed by atoms with Crippen LogP contribution in [0, 0.1) is 0 Å². The maximum absolute atomic E-state index is 12.0. The van der Waals surface area contributed by atoms with Crippen LogP contribution in [0.3, 0.4) is 0 Å². The van der Waals surface area contributed by atoms with Crippen LogP contribution in [0.5, 0.6) is 5.75 Å². The van der Waals surface area contributed by atoms with Crippen molar-refractivity contribution >= 4 is 17.7 Å². The number of carbonyl (C=O) groups is 3. The highest BCUT2D eigenvalue weighted by Gasteiger charge is 2.18. The van der Waals surface area contributed by atoms with Gasteiger partial charge in [-0.25, -0.2) is 0 Å². The van der Waals surface area contributed by atoms with Gasteiger partial charge in [-0.15, -0.1) is 0 Å². The van der Waals surface area contributed by atoms with Crippen molar-refractivity contribution in [2.24, 2.45) is 0 Å². The van der Waals surface area contributed by atoms with E-state index in [2.05, 4.69) is 0 Å². The Morgan fingerprint density at radius 2 is 1.75 bits per heavy atom. The van der Waals surface area contributed by atoms with Gasteiger partial charge in [0, 0.05) is 12.1 Å². The molecule has 0 aliphatic carbocycles. The number of carbonyl (C=O) groups excluding carboxylic acids is 2. The molecule has 0 aliphatic heterocycles. The third-order valence-corrected chi connectivity index (χ3v) is 4.82. The molecule has 1 atom stereocenters. The van der Waals surface area contributed by atoms with Crippen LogP contribution in [0.2, 0.25) is 0 Å². The Kier molecular flexibility index (Phi) is 9.88. The third-order valence-electron chi connectivity index (χ3n) is 4.82. The van der Waals surface area contributed by atoms with Crippen molar-refractivity contribution in [1.82, 2.24) is 4.90 Å². The van der Waals surface area contributed by atoms with Crippen LogP contribution >= 0.6 is 0 Å². The van der Waals surface area contributed by atoms with Gasteiger partial charge in [0.2, 0.25) is 0 Å². The van der Waals surface area contributed by atoms with Gasteiger partial charge in [-0.05, 0) is 57.1 Å². The number of rotatable bonds is 13. The molecular weight excluding hydrogens is 410 g/mol. The molecule has 2 aromatic rings. The minimum Gasteiger partial charge on any atom is -0.489 e. The van der Waals surface area contributed by atoms with Crippen molar-refractivity contribution in [2.45, 2.75) is 38.7 Å². The number of esters is 1. The zero-order valence-electron chi connectivity index (χ0n) is 18.9. The van der Waals surface area contributed by atoms with Crippen molar-refractivity contribution in [3.05, 3.63) is 65.2 Å². The fraction of sp³-hybridized carbons (Fsp3) is 0.400. The molecule has 0 radical (unpaired) electrons. The molecule has 1 N–H and O–H groups in total. The van der Waals surface area contributed by atoms with Crippen LogP contribution in [-0.4, -0.2) is 61.1 Å². The van der Waals surface area contributed by atoms with Gasteiger partial charge in [0.05, 0.1) is 12.8 Å². The predicted octanol–water partition coefficient (Wildman–Crippen LogP) is 3.39. The van der Waals surface area contributed by atoms with E-state index in [1.807, 2.05) is 67.5 Å². The van der Waals surface area contributed by atoms with Crippen molar-refractivity contribution in [3.63, 3.8) is 0 Å². The number of hydrogen-bond donors (Lipinski definition) is 1. The van der Waals surface area contributed by atoms with Gasteiger partial charge in [0.1, 0.15) is 18.5 Å². The zero-order chi connectivity index (χ0) is 23.5. The van der Waals surface area contributed by atoms with Gasteiger partial charge in [-0.2, -0.15) is 0 Å². The normalized spacial score (nSPS) is 11.8. The fourth-order valence-corrected chi connectivity index (χ4v) is 3.24. The number of para-hydroxylation sites is 1. The molecule has 172 valence electrons. The van der Waals surface area contributed by atoms with Crippen molar-refractivity contribution < 1.29 is 29.0 Å². The number of carboxylic acids is 1. The summed E-state index contributed by atoms with van der Waals surface area (Å²) >= 11 is 0. The molecule has 0 saturated carbocycles. The van der Waals surface area contributed by atoms with Gasteiger partial charge >= 0.3 is 11.9 Å². The monoisotopic (exact) mass is 441 g/mol. The first kappa shape index (κ1) is 25.1. The first-order valence-corrected chi connectivity index (χ1v) is 10.6. The van der Waals surface area contributed by atoms with E-state index in [0.29, 0.717) is 17.9 Å². The average molecular weight is 442 g/mol. The zero-order valence-corrected chi connectivity index (χ0v) is 18.9. The Morgan fingerprint density at radius 3 is 2.44 bits per heavy atom. The second-order valence-electron chi connectivity index (χ2n) is 7.94. The van der Waals surface area contributed by atoms with Crippen LogP contribution in [0.4, 0.5) is 0 Å². The van der Waals surface area contributed by atoms with Crippen molar-refractivity contribution in [2.75, 3.05) is 27.2 Å². The number of benzene rings is 2. The number of Topliss-reactive ketones (excluding diaryl/α,β-unsaturated/α-hetero) is 1. The summed E-state index contributed by atoms with van der Waals surface area (Å²) in [5.74, 6) is -0.840. The second-order valence-corrected chi connectivity index (χ2v) is 7.94. The number of aryl methyl sites for hydroxylation is 2. The number of likely N-dealkylation sites (N-methyl/N-ethyl adjacent to an activating group) is 1. The standard InChI is InChI=1S/C25H31NO6/c1-18(27)21-9-6-7-19(15-21)11-12-20-8-4-5-10-23(20)31-17-22(16-26(2)3)32-25(30)14-13-24(28)29/h4-10,15,22H,11-14,16-17H2,1-3H3,(H,28,29). The number of carboxylic acid groups (broad SMARTS) is 1. The average Bonchev–Trinajstić information content (AvgIpc) is 2.75. The molecule has 0 saturated heterocycles. The quantitative estimate of drug-likeness (QED) is 0.376. The second kappa shape index (κ2) is 12.6. The van der Waals surface area contributed by atoms with E-state index in [-0.39, 0.29) is 25.2 Å². The van der Waals surface area contributed by atoms with E-state index in [9.17, 15) is 14.4 Å². The molecule has 0 fully saturated rings. The number of ether oxygens (including phenoxy) is 2. The van der Waals surface area contributed by atoms with E-state index in [4.69, 9.17) is 14.6 Å². The van der Waals surface area contributed by atoms with E-state index < -0.39 is 18.0 Å². The number of ketones is 1. The molecule has 1 unspecified atom stereocenters. The third kappa shape index (κ3) is 8.89. The van der Waals surface area contributed by atoms with E-state index in [1.54, 1.807) is 6.92 Å². The Balaban J connectivity index is 2.00. The topological polar surface area (TPSA) is 93.1 Å². The molecule has 0 aromatic heterocycles. The fourth-order valence-electron chi connectivity index (χ4n) is 3.24. The molecule has 0 heterocycles. The van der Waals surface area contributed by atoms with Gasteiger partial charge < -0.3 is 19.5 Å².